The van der Waals surface area contributed by atoms with Gasteiger partial charge in [-0.15, -0.1) is 0 Å². The van der Waals surface area contributed by atoms with E-state index in [1.54, 1.807) is 31.2 Å². The quantitative estimate of drug-likeness (QED) is 0.657. The van der Waals surface area contributed by atoms with Gasteiger partial charge in [-0.1, -0.05) is 11.6 Å². The molecule has 0 spiro atoms. The molecule has 3 heterocycles. The van der Waals surface area contributed by atoms with Crippen molar-refractivity contribution in [2.24, 2.45) is 14.1 Å². The van der Waals surface area contributed by atoms with Gasteiger partial charge >= 0.3 is 0 Å². The molecule has 142 valence electrons. The van der Waals surface area contributed by atoms with Crippen LogP contribution in [0.5, 0.6) is 0 Å². The monoisotopic (exact) mass is 390 g/mol. The van der Waals surface area contributed by atoms with E-state index >= 15 is 0 Å². The zero-order valence-corrected chi connectivity index (χ0v) is 15.9. The Hall–Kier alpha value is -3.14. The van der Waals surface area contributed by atoms with Crippen molar-refractivity contribution in [1.82, 2.24) is 34.7 Å². The lowest BCUT2D eigenvalue weighted by Gasteiger charge is -2.09. The van der Waals surface area contributed by atoms with Gasteiger partial charge in [0, 0.05) is 38.9 Å². The van der Waals surface area contributed by atoms with E-state index in [4.69, 9.17) is 11.6 Å². The number of carbonyl (C=O) groups is 2. The van der Waals surface area contributed by atoms with Crippen LogP contribution in [0.3, 0.4) is 0 Å². The summed E-state index contributed by atoms with van der Waals surface area (Å²) in [5, 5.41) is 17.9. The summed E-state index contributed by atoms with van der Waals surface area (Å²) in [5.41, 5.74) is 1.60. The molecule has 2 N–H and O–H groups in total. The molecule has 3 rings (SSSR count). The van der Waals surface area contributed by atoms with Crippen LogP contribution >= 0.6 is 11.6 Å². The predicted molar refractivity (Wildman–Crippen MR) is 98.5 cm³/mol. The van der Waals surface area contributed by atoms with Crippen molar-refractivity contribution in [3.8, 4) is 0 Å². The summed E-state index contributed by atoms with van der Waals surface area (Å²) in [6, 6.07) is 0. The minimum absolute atomic E-state index is 0.227. The van der Waals surface area contributed by atoms with E-state index in [1.165, 1.54) is 21.8 Å². The highest BCUT2D eigenvalue weighted by Crippen LogP contribution is 2.19. The van der Waals surface area contributed by atoms with E-state index in [1.807, 2.05) is 6.92 Å². The standard InChI is InChI=1S/C16H19ClN8O2/c1-4-25-13(11(17)7-21-25)16(27)22-12-8-20-24(3)14(12)15(26)18-5-10-6-19-23(2)9-10/h6-9H,4-5H2,1-3H3,(H,18,26)(H,22,27). The number of rotatable bonds is 6. The first-order valence-electron chi connectivity index (χ1n) is 8.21. The smallest absolute Gasteiger partial charge is 0.275 e. The molecule has 0 aliphatic carbocycles. The van der Waals surface area contributed by atoms with Crippen LogP contribution in [0.4, 0.5) is 5.69 Å². The van der Waals surface area contributed by atoms with Crippen LogP contribution in [0.1, 0.15) is 33.5 Å². The summed E-state index contributed by atoms with van der Waals surface area (Å²) in [6.07, 6.45) is 6.29. The lowest BCUT2D eigenvalue weighted by Crippen LogP contribution is -2.27. The summed E-state index contributed by atoms with van der Waals surface area (Å²) >= 11 is 6.06. The highest BCUT2D eigenvalue weighted by atomic mass is 35.5. The summed E-state index contributed by atoms with van der Waals surface area (Å²) in [7, 11) is 3.42. The minimum Gasteiger partial charge on any atom is -0.346 e. The number of aromatic nitrogens is 6. The number of anilines is 1. The lowest BCUT2D eigenvalue weighted by molar-refractivity contribution is 0.0942. The Bertz CT molecular complexity index is 987. The first-order valence-corrected chi connectivity index (χ1v) is 8.58. The largest absolute Gasteiger partial charge is 0.346 e. The maximum Gasteiger partial charge on any atom is 0.275 e. The van der Waals surface area contributed by atoms with Crippen molar-refractivity contribution in [2.75, 3.05) is 5.32 Å². The predicted octanol–water partition coefficient (Wildman–Crippen LogP) is 1.21. The molecule has 0 aliphatic heterocycles. The first kappa shape index (κ1) is 18.6. The van der Waals surface area contributed by atoms with E-state index in [0.29, 0.717) is 13.1 Å². The molecule has 0 unspecified atom stereocenters. The second-order valence-corrected chi connectivity index (χ2v) is 6.25. The molecule has 11 heteroatoms. The summed E-state index contributed by atoms with van der Waals surface area (Å²) in [6.45, 7) is 2.64. The van der Waals surface area contributed by atoms with E-state index in [-0.39, 0.29) is 28.0 Å². The number of amides is 2. The van der Waals surface area contributed by atoms with Gasteiger partial charge in [-0.3, -0.25) is 23.6 Å². The maximum atomic E-state index is 12.6. The summed E-state index contributed by atoms with van der Waals surface area (Å²) < 4.78 is 4.53. The summed E-state index contributed by atoms with van der Waals surface area (Å²) in [4.78, 5) is 25.2. The zero-order valence-electron chi connectivity index (χ0n) is 15.1. The van der Waals surface area contributed by atoms with Crippen LogP contribution in [0.2, 0.25) is 5.02 Å². The summed E-state index contributed by atoms with van der Waals surface area (Å²) in [5.74, 6) is -0.835. The Morgan fingerprint density at radius 3 is 2.52 bits per heavy atom. The average Bonchev–Trinajstić information content (AvgIpc) is 3.32. The van der Waals surface area contributed by atoms with Gasteiger partial charge in [-0.2, -0.15) is 15.3 Å². The van der Waals surface area contributed by atoms with Crippen LogP contribution in [-0.4, -0.2) is 41.2 Å². The second-order valence-electron chi connectivity index (χ2n) is 5.85. The van der Waals surface area contributed by atoms with Crippen molar-refractivity contribution in [3.63, 3.8) is 0 Å². The third-order valence-corrected chi connectivity index (χ3v) is 4.20. The van der Waals surface area contributed by atoms with E-state index in [2.05, 4.69) is 25.9 Å². The van der Waals surface area contributed by atoms with Crippen molar-refractivity contribution >= 4 is 29.1 Å². The van der Waals surface area contributed by atoms with Gasteiger partial charge in [0.25, 0.3) is 11.8 Å². The third-order valence-electron chi connectivity index (χ3n) is 3.92. The van der Waals surface area contributed by atoms with Crippen molar-refractivity contribution in [2.45, 2.75) is 20.0 Å². The molecule has 2 amide bonds. The maximum absolute atomic E-state index is 12.6. The fourth-order valence-electron chi connectivity index (χ4n) is 2.64. The van der Waals surface area contributed by atoms with E-state index in [0.717, 1.165) is 5.56 Å². The van der Waals surface area contributed by atoms with Gasteiger partial charge in [-0.25, -0.2) is 0 Å². The van der Waals surface area contributed by atoms with Gasteiger partial charge in [0.2, 0.25) is 0 Å². The molecule has 0 atom stereocenters. The van der Waals surface area contributed by atoms with Crippen LogP contribution in [0, 0.1) is 0 Å². The molecule has 3 aromatic rings. The second kappa shape index (κ2) is 7.62. The lowest BCUT2D eigenvalue weighted by atomic mass is 10.3. The molecule has 0 aliphatic rings. The number of aryl methyl sites for hydroxylation is 3. The van der Waals surface area contributed by atoms with Gasteiger partial charge in [0.15, 0.2) is 0 Å². The Morgan fingerprint density at radius 2 is 1.85 bits per heavy atom. The van der Waals surface area contributed by atoms with Gasteiger partial charge < -0.3 is 10.6 Å². The number of hydrogen-bond acceptors (Lipinski definition) is 5. The molecule has 0 saturated heterocycles. The number of nitrogens with one attached hydrogen (secondary N) is 2. The molecular formula is C16H19ClN8O2. The number of carbonyl (C=O) groups excluding carboxylic acids is 2. The topological polar surface area (TPSA) is 112 Å². The average molecular weight is 391 g/mol. The fourth-order valence-corrected chi connectivity index (χ4v) is 2.86. The van der Waals surface area contributed by atoms with E-state index in [9.17, 15) is 9.59 Å². The molecule has 0 fully saturated rings. The molecule has 0 bridgehead atoms. The van der Waals surface area contributed by atoms with E-state index < -0.39 is 5.91 Å². The molecule has 3 aromatic heterocycles. The van der Waals surface area contributed by atoms with Gasteiger partial charge in [0.05, 0.1) is 29.3 Å². The van der Waals surface area contributed by atoms with Crippen molar-refractivity contribution < 1.29 is 9.59 Å². The normalized spacial score (nSPS) is 10.8. The molecule has 0 saturated carbocycles. The van der Waals surface area contributed by atoms with Crippen LogP contribution in [0.15, 0.2) is 24.8 Å². The minimum atomic E-state index is -0.464. The highest BCUT2D eigenvalue weighted by Gasteiger charge is 2.22. The Balaban J connectivity index is 1.76. The molecule has 0 aromatic carbocycles. The Morgan fingerprint density at radius 1 is 1.07 bits per heavy atom. The van der Waals surface area contributed by atoms with Crippen molar-refractivity contribution in [1.29, 1.82) is 0 Å². The third kappa shape index (κ3) is 3.85. The number of halogens is 1. The van der Waals surface area contributed by atoms with Crippen LogP contribution in [-0.2, 0) is 27.2 Å². The molecular weight excluding hydrogens is 372 g/mol. The first-order chi connectivity index (χ1) is 12.9. The number of hydrogen-bond donors (Lipinski definition) is 2. The van der Waals surface area contributed by atoms with Gasteiger partial charge in [0.1, 0.15) is 11.4 Å². The van der Waals surface area contributed by atoms with Crippen molar-refractivity contribution in [3.05, 3.63) is 46.8 Å². The Labute approximate surface area is 160 Å². The molecule has 10 nitrogen and oxygen atoms in total. The SMILES string of the molecule is CCn1ncc(Cl)c1C(=O)Nc1cnn(C)c1C(=O)NCc1cnn(C)c1. The van der Waals surface area contributed by atoms with Crippen LogP contribution < -0.4 is 10.6 Å². The Kier molecular flexibility index (Phi) is 5.26. The fraction of sp³-hybridized carbons (Fsp3) is 0.312. The van der Waals surface area contributed by atoms with Gasteiger partial charge in [-0.05, 0) is 6.92 Å². The number of nitrogens with zero attached hydrogens (tertiary/aromatic N) is 6. The van der Waals surface area contributed by atoms with Crippen LogP contribution in [0.25, 0.3) is 0 Å². The molecule has 27 heavy (non-hydrogen) atoms. The zero-order chi connectivity index (χ0) is 19.6. The highest BCUT2D eigenvalue weighted by molar-refractivity contribution is 6.34. The molecule has 0 radical (unpaired) electrons.